The lowest BCUT2D eigenvalue weighted by Gasteiger charge is -2.31. The number of alkyl halides is 1. The van der Waals surface area contributed by atoms with Crippen LogP contribution in [0.5, 0.6) is 0 Å². The van der Waals surface area contributed by atoms with E-state index in [0.29, 0.717) is 11.1 Å². The van der Waals surface area contributed by atoms with Crippen molar-refractivity contribution in [2.75, 3.05) is 0 Å². The zero-order chi connectivity index (χ0) is 15.0. The van der Waals surface area contributed by atoms with Gasteiger partial charge in [-0.05, 0) is 23.3 Å². The van der Waals surface area contributed by atoms with Crippen LogP contribution >= 0.6 is 11.6 Å². The van der Waals surface area contributed by atoms with Crippen LogP contribution in [0.25, 0.3) is 11.1 Å². The molecule has 3 aromatic rings. The van der Waals surface area contributed by atoms with Gasteiger partial charge in [0.15, 0.2) is 5.58 Å². The average molecular weight is 302 g/mol. The monoisotopic (exact) mass is 301 g/mol. The molecule has 1 unspecified atom stereocenters. The lowest BCUT2D eigenvalue weighted by molar-refractivity contribution is 0.503. The number of fused-ring (bicyclic) bond motifs is 1. The largest absolute Gasteiger partial charge is 0.417 e. The predicted molar refractivity (Wildman–Crippen MR) is 84.9 cm³/mol. The Morgan fingerprint density at radius 3 is 2.57 bits per heavy atom. The van der Waals surface area contributed by atoms with Gasteiger partial charge in [-0.25, -0.2) is 4.79 Å². The lowest BCUT2D eigenvalue weighted by atomic mass is 9.78. The number of H-pyrrole nitrogens is 1. The van der Waals surface area contributed by atoms with Crippen molar-refractivity contribution in [2.45, 2.75) is 24.6 Å². The summed E-state index contributed by atoms with van der Waals surface area (Å²) in [5.41, 5.74) is 3.08. The van der Waals surface area contributed by atoms with E-state index < -0.39 is 5.76 Å². The van der Waals surface area contributed by atoms with Crippen molar-refractivity contribution < 1.29 is 4.42 Å². The molecule has 1 heterocycles. The number of nitrogens with one attached hydrogen (secondary N) is 1. The van der Waals surface area contributed by atoms with Gasteiger partial charge in [0.05, 0.1) is 10.9 Å². The first-order chi connectivity index (χ1) is 9.98. The summed E-state index contributed by atoms with van der Waals surface area (Å²) < 4.78 is 5.11. The summed E-state index contributed by atoms with van der Waals surface area (Å²) in [6.45, 7) is 4.22. The van der Waals surface area contributed by atoms with E-state index in [0.717, 1.165) is 5.56 Å². The first-order valence-electron chi connectivity index (χ1n) is 6.81. The Kier molecular flexibility index (Phi) is 3.38. The summed E-state index contributed by atoms with van der Waals surface area (Å²) in [5.74, 6) is -0.449. The van der Waals surface area contributed by atoms with E-state index in [2.05, 4.69) is 31.0 Å². The van der Waals surface area contributed by atoms with E-state index in [1.54, 1.807) is 0 Å². The second kappa shape index (κ2) is 5.08. The summed E-state index contributed by atoms with van der Waals surface area (Å²) in [6.07, 6.45) is 0. The molecule has 3 nitrogen and oxygen atoms in total. The van der Waals surface area contributed by atoms with E-state index >= 15 is 0 Å². The average Bonchev–Trinajstić information content (AvgIpc) is 2.86. The Morgan fingerprint density at radius 1 is 1.14 bits per heavy atom. The molecule has 0 saturated heterocycles. The van der Waals surface area contributed by atoms with Crippen LogP contribution in [0, 0.1) is 0 Å². The number of halogens is 1. The molecular formula is C17H16ClNO2. The van der Waals surface area contributed by atoms with Crippen LogP contribution in [0.15, 0.2) is 57.7 Å². The van der Waals surface area contributed by atoms with Crippen molar-refractivity contribution in [1.29, 1.82) is 0 Å². The fourth-order valence-corrected chi connectivity index (χ4v) is 2.81. The van der Waals surface area contributed by atoms with Crippen LogP contribution in [0.4, 0.5) is 0 Å². The minimum absolute atomic E-state index is 0.232. The van der Waals surface area contributed by atoms with Crippen LogP contribution in [-0.4, -0.2) is 4.98 Å². The van der Waals surface area contributed by atoms with Gasteiger partial charge in [0, 0.05) is 5.41 Å². The van der Waals surface area contributed by atoms with Crippen molar-refractivity contribution in [3.8, 4) is 0 Å². The molecule has 0 aliphatic rings. The normalized spacial score (nSPS) is 13.5. The van der Waals surface area contributed by atoms with Crippen molar-refractivity contribution >= 4 is 22.7 Å². The van der Waals surface area contributed by atoms with Gasteiger partial charge in [0.25, 0.3) is 0 Å². The van der Waals surface area contributed by atoms with Gasteiger partial charge in [0.2, 0.25) is 0 Å². The molecule has 4 heteroatoms. The number of hydrogen-bond donors (Lipinski definition) is 1. The fraction of sp³-hybridized carbons (Fsp3) is 0.235. The Bertz CT molecular complexity index is 817. The second-order valence-electron chi connectivity index (χ2n) is 5.72. The summed E-state index contributed by atoms with van der Waals surface area (Å²) in [6, 6.07) is 15.7. The van der Waals surface area contributed by atoms with Crippen molar-refractivity contribution in [3.63, 3.8) is 0 Å². The molecule has 0 aliphatic heterocycles. The van der Waals surface area contributed by atoms with Crippen molar-refractivity contribution in [3.05, 3.63) is 70.2 Å². The highest BCUT2D eigenvalue weighted by Crippen LogP contribution is 2.41. The van der Waals surface area contributed by atoms with Gasteiger partial charge >= 0.3 is 5.76 Å². The molecule has 108 valence electrons. The van der Waals surface area contributed by atoms with Crippen molar-refractivity contribution in [2.24, 2.45) is 0 Å². The third-order valence-electron chi connectivity index (χ3n) is 3.89. The Hall–Kier alpha value is -2.00. The predicted octanol–water partition coefficient (Wildman–Crippen LogP) is 4.38. The molecule has 1 aromatic heterocycles. The van der Waals surface area contributed by atoms with Crippen molar-refractivity contribution in [1.82, 2.24) is 4.98 Å². The number of hydrogen-bond acceptors (Lipinski definition) is 2. The molecule has 0 spiro atoms. The quantitative estimate of drug-likeness (QED) is 0.730. The highest BCUT2D eigenvalue weighted by molar-refractivity contribution is 6.21. The molecule has 0 bridgehead atoms. The zero-order valence-electron chi connectivity index (χ0n) is 11.9. The SMILES string of the molecule is CC(C)(c1ccccc1)C(Cl)c1ccc2[nH]c(=O)oc2c1. The maximum atomic E-state index is 11.2. The zero-order valence-corrected chi connectivity index (χ0v) is 12.6. The van der Waals surface area contributed by atoms with Gasteiger partial charge in [-0.3, -0.25) is 4.98 Å². The van der Waals surface area contributed by atoms with Crippen LogP contribution in [0.2, 0.25) is 0 Å². The minimum atomic E-state index is -0.449. The Labute approximate surface area is 127 Å². The molecule has 0 radical (unpaired) electrons. The number of aromatic nitrogens is 1. The Balaban J connectivity index is 2.02. The van der Waals surface area contributed by atoms with E-state index in [9.17, 15) is 4.79 Å². The van der Waals surface area contributed by atoms with Crippen LogP contribution in [-0.2, 0) is 5.41 Å². The number of oxazole rings is 1. The summed E-state index contributed by atoms with van der Waals surface area (Å²) in [4.78, 5) is 13.9. The summed E-state index contributed by atoms with van der Waals surface area (Å²) in [7, 11) is 0. The third-order valence-corrected chi connectivity index (χ3v) is 4.69. The number of aromatic amines is 1. The summed E-state index contributed by atoms with van der Waals surface area (Å²) in [5, 5.41) is -0.232. The standard InChI is InChI=1S/C17H16ClNO2/c1-17(2,12-6-4-3-5-7-12)15(18)11-8-9-13-14(10-11)21-16(20)19-13/h3-10,15H,1-2H3,(H,19,20). The molecule has 3 rings (SSSR count). The molecule has 2 aromatic carbocycles. The first kappa shape index (κ1) is 14.0. The number of benzene rings is 2. The van der Waals surface area contributed by atoms with Crippen LogP contribution in [0.3, 0.4) is 0 Å². The molecular weight excluding hydrogens is 286 g/mol. The highest BCUT2D eigenvalue weighted by Gasteiger charge is 2.31. The van der Waals surface area contributed by atoms with E-state index in [1.165, 1.54) is 5.56 Å². The minimum Gasteiger partial charge on any atom is -0.408 e. The van der Waals surface area contributed by atoms with Gasteiger partial charge in [-0.1, -0.05) is 50.2 Å². The maximum Gasteiger partial charge on any atom is 0.417 e. The molecule has 0 aliphatic carbocycles. The molecule has 0 amide bonds. The third kappa shape index (κ3) is 2.49. The van der Waals surface area contributed by atoms with E-state index in [1.807, 2.05) is 36.4 Å². The van der Waals surface area contributed by atoms with E-state index in [4.69, 9.17) is 16.0 Å². The molecule has 1 atom stereocenters. The topological polar surface area (TPSA) is 46.0 Å². The second-order valence-corrected chi connectivity index (χ2v) is 6.16. The molecule has 0 saturated carbocycles. The highest BCUT2D eigenvalue weighted by atomic mass is 35.5. The van der Waals surface area contributed by atoms with Gasteiger partial charge in [-0.15, -0.1) is 11.6 Å². The Morgan fingerprint density at radius 2 is 1.86 bits per heavy atom. The fourth-order valence-electron chi connectivity index (χ4n) is 2.55. The van der Waals surface area contributed by atoms with Crippen LogP contribution in [0.1, 0.15) is 30.4 Å². The first-order valence-corrected chi connectivity index (χ1v) is 7.24. The van der Waals surface area contributed by atoms with Gasteiger partial charge in [-0.2, -0.15) is 0 Å². The van der Waals surface area contributed by atoms with E-state index in [-0.39, 0.29) is 10.8 Å². The smallest absolute Gasteiger partial charge is 0.408 e. The molecule has 1 N–H and O–H groups in total. The summed E-state index contributed by atoms with van der Waals surface area (Å²) >= 11 is 6.71. The van der Waals surface area contributed by atoms with Gasteiger partial charge in [0.1, 0.15) is 0 Å². The maximum absolute atomic E-state index is 11.2. The number of rotatable bonds is 3. The van der Waals surface area contributed by atoms with Gasteiger partial charge < -0.3 is 4.42 Å². The van der Waals surface area contributed by atoms with Crippen LogP contribution < -0.4 is 5.76 Å². The molecule has 21 heavy (non-hydrogen) atoms. The lowest BCUT2D eigenvalue weighted by Crippen LogP contribution is -2.23. The molecule has 0 fully saturated rings.